The fourth-order valence-corrected chi connectivity index (χ4v) is 2.13. The zero-order chi connectivity index (χ0) is 15.5. The van der Waals surface area contributed by atoms with Crippen LogP contribution in [0.1, 0.15) is 25.0 Å². The molecular weight excluding hydrogens is 266 g/mol. The molecule has 1 N–H and O–H groups in total. The van der Waals surface area contributed by atoms with Crippen molar-refractivity contribution in [2.45, 2.75) is 26.2 Å². The number of benzene rings is 1. The summed E-state index contributed by atoms with van der Waals surface area (Å²) < 4.78 is 0. The van der Waals surface area contributed by atoms with Crippen LogP contribution >= 0.6 is 0 Å². The van der Waals surface area contributed by atoms with Crippen LogP contribution in [0.15, 0.2) is 42.6 Å². The van der Waals surface area contributed by atoms with Gasteiger partial charge >= 0.3 is 5.69 Å². The predicted molar refractivity (Wildman–Crippen MR) is 83.6 cm³/mol. The van der Waals surface area contributed by atoms with Crippen molar-refractivity contribution in [3.63, 3.8) is 0 Å². The lowest BCUT2D eigenvalue weighted by Gasteiger charge is -2.25. The van der Waals surface area contributed by atoms with E-state index in [-0.39, 0.29) is 11.1 Å². The zero-order valence-electron chi connectivity index (χ0n) is 12.5. The highest BCUT2D eigenvalue weighted by atomic mass is 16.6. The summed E-state index contributed by atoms with van der Waals surface area (Å²) in [7, 11) is 0. The van der Waals surface area contributed by atoms with E-state index in [1.165, 1.54) is 11.6 Å². The largest absolute Gasteiger partial charge is 0.363 e. The summed E-state index contributed by atoms with van der Waals surface area (Å²) in [5.41, 5.74) is 1.81. The smallest absolute Gasteiger partial charge is 0.311 e. The lowest BCUT2D eigenvalue weighted by molar-refractivity contribution is -0.384. The third kappa shape index (κ3) is 3.56. The van der Waals surface area contributed by atoms with Gasteiger partial charge < -0.3 is 5.32 Å². The molecule has 0 saturated carbocycles. The van der Waals surface area contributed by atoms with Crippen LogP contribution < -0.4 is 5.32 Å². The summed E-state index contributed by atoms with van der Waals surface area (Å²) >= 11 is 0. The number of hydrogen-bond acceptors (Lipinski definition) is 4. The van der Waals surface area contributed by atoms with Gasteiger partial charge in [0.2, 0.25) is 5.82 Å². The van der Waals surface area contributed by atoms with E-state index in [0.29, 0.717) is 12.4 Å². The van der Waals surface area contributed by atoms with Crippen LogP contribution in [0.2, 0.25) is 0 Å². The number of rotatable bonds is 5. The van der Waals surface area contributed by atoms with Gasteiger partial charge in [0.1, 0.15) is 0 Å². The molecule has 110 valence electrons. The fourth-order valence-electron chi connectivity index (χ4n) is 2.13. The van der Waals surface area contributed by atoms with E-state index in [1.54, 1.807) is 13.1 Å². The average Bonchev–Trinajstić information content (AvgIpc) is 2.47. The Labute approximate surface area is 124 Å². The Bertz CT molecular complexity index is 639. The third-order valence-corrected chi connectivity index (χ3v) is 3.45. The van der Waals surface area contributed by atoms with Crippen molar-refractivity contribution in [1.82, 2.24) is 4.98 Å². The number of nitrogens with one attached hydrogen (secondary N) is 1. The molecule has 0 bridgehead atoms. The minimum absolute atomic E-state index is 0.0128. The average molecular weight is 285 g/mol. The molecule has 1 heterocycles. The van der Waals surface area contributed by atoms with Gasteiger partial charge in [0, 0.05) is 24.2 Å². The molecule has 1 aromatic carbocycles. The Morgan fingerprint density at radius 3 is 2.57 bits per heavy atom. The van der Waals surface area contributed by atoms with E-state index >= 15 is 0 Å². The van der Waals surface area contributed by atoms with Gasteiger partial charge in [-0.3, -0.25) is 10.1 Å². The van der Waals surface area contributed by atoms with E-state index in [9.17, 15) is 10.1 Å². The molecule has 0 spiro atoms. The second kappa shape index (κ2) is 5.91. The molecule has 21 heavy (non-hydrogen) atoms. The van der Waals surface area contributed by atoms with E-state index < -0.39 is 4.92 Å². The van der Waals surface area contributed by atoms with Crippen molar-refractivity contribution in [3.05, 3.63) is 63.8 Å². The van der Waals surface area contributed by atoms with Crippen molar-refractivity contribution in [2.75, 3.05) is 11.9 Å². The fraction of sp³-hybridized carbons (Fsp3) is 0.312. The molecule has 2 rings (SSSR count). The summed E-state index contributed by atoms with van der Waals surface area (Å²) in [5, 5.41) is 14.2. The lowest BCUT2D eigenvalue weighted by atomic mass is 9.84. The van der Waals surface area contributed by atoms with Gasteiger partial charge in [0.05, 0.1) is 4.92 Å². The normalized spacial score (nSPS) is 11.2. The monoisotopic (exact) mass is 285 g/mol. The van der Waals surface area contributed by atoms with Crippen molar-refractivity contribution >= 4 is 11.5 Å². The summed E-state index contributed by atoms with van der Waals surface area (Å²) in [6, 6.07) is 11.6. The van der Waals surface area contributed by atoms with Crippen LogP contribution in [0.4, 0.5) is 11.5 Å². The van der Waals surface area contributed by atoms with Gasteiger partial charge in [-0.25, -0.2) is 4.98 Å². The number of hydrogen-bond donors (Lipinski definition) is 1. The van der Waals surface area contributed by atoms with E-state index in [4.69, 9.17) is 0 Å². The molecule has 1 aromatic heterocycles. The molecule has 5 heteroatoms. The molecule has 0 aliphatic rings. The maximum atomic E-state index is 11.1. The van der Waals surface area contributed by atoms with Crippen molar-refractivity contribution in [1.29, 1.82) is 0 Å². The minimum atomic E-state index is -0.405. The molecule has 0 aliphatic carbocycles. The number of nitrogens with zero attached hydrogens (tertiary/aromatic N) is 2. The highest BCUT2D eigenvalue weighted by Crippen LogP contribution is 2.26. The Balaban J connectivity index is 2.18. The van der Waals surface area contributed by atoms with Crippen molar-refractivity contribution < 1.29 is 4.92 Å². The van der Waals surface area contributed by atoms with E-state index in [2.05, 4.69) is 36.3 Å². The van der Waals surface area contributed by atoms with Crippen LogP contribution in [-0.2, 0) is 5.41 Å². The Morgan fingerprint density at radius 1 is 1.29 bits per heavy atom. The first-order chi connectivity index (χ1) is 9.90. The van der Waals surface area contributed by atoms with Crippen LogP contribution in [-0.4, -0.2) is 16.5 Å². The van der Waals surface area contributed by atoms with Gasteiger partial charge in [-0.05, 0) is 18.1 Å². The van der Waals surface area contributed by atoms with Gasteiger partial charge in [-0.15, -0.1) is 0 Å². The molecule has 0 fully saturated rings. The molecule has 5 nitrogen and oxygen atoms in total. The Hall–Kier alpha value is -2.43. The zero-order valence-corrected chi connectivity index (χ0v) is 12.5. The van der Waals surface area contributed by atoms with Gasteiger partial charge in [0.25, 0.3) is 0 Å². The highest BCUT2D eigenvalue weighted by molar-refractivity contribution is 5.56. The lowest BCUT2D eigenvalue weighted by Crippen LogP contribution is -2.28. The number of aromatic nitrogens is 1. The molecule has 0 amide bonds. The number of nitro groups is 1. The van der Waals surface area contributed by atoms with Crippen LogP contribution in [0.3, 0.4) is 0 Å². The maximum Gasteiger partial charge on any atom is 0.311 e. The summed E-state index contributed by atoms with van der Waals surface area (Å²) in [6.45, 7) is 6.54. The number of anilines is 1. The maximum absolute atomic E-state index is 11.1. The Morgan fingerprint density at radius 2 is 1.95 bits per heavy atom. The van der Waals surface area contributed by atoms with Gasteiger partial charge in [-0.1, -0.05) is 44.2 Å². The Kier molecular flexibility index (Phi) is 4.21. The van der Waals surface area contributed by atoms with E-state index in [1.807, 2.05) is 18.2 Å². The van der Waals surface area contributed by atoms with Crippen molar-refractivity contribution in [3.8, 4) is 0 Å². The second-order valence-electron chi connectivity index (χ2n) is 5.74. The molecule has 2 aromatic rings. The SMILES string of the molecule is Cc1cnc(NCC(C)(C)c2ccccc2)c([N+](=O)[O-])c1. The molecule has 0 radical (unpaired) electrons. The number of aryl methyl sites for hydroxylation is 1. The minimum Gasteiger partial charge on any atom is -0.363 e. The molecule has 0 aliphatic heterocycles. The summed E-state index contributed by atoms with van der Waals surface area (Å²) in [5.74, 6) is 0.314. The van der Waals surface area contributed by atoms with Crippen LogP contribution in [0.5, 0.6) is 0 Å². The van der Waals surface area contributed by atoms with Gasteiger partial charge in [-0.2, -0.15) is 0 Å². The first-order valence-electron chi connectivity index (χ1n) is 6.80. The molecular formula is C16H19N3O2. The molecule has 0 atom stereocenters. The van der Waals surface area contributed by atoms with Gasteiger partial charge in [0.15, 0.2) is 0 Å². The van der Waals surface area contributed by atoms with Crippen molar-refractivity contribution in [2.24, 2.45) is 0 Å². The van der Waals surface area contributed by atoms with E-state index in [0.717, 1.165) is 5.56 Å². The number of pyridine rings is 1. The first-order valence-corrected chi connectivity index (χ1v) is 6.80. The molecule has 0 unspecified atom stereocenters. The quantitative estimate of drug-likeness (QED) is 0.672. The topological polar surface area (TPSA) is 68.1 Å². The van der Waals surface area contributed by atoms with Crippen LogP contribution in [0, 0.1) is 17.0 Å². The summed E-state index contributed by atoms with van der Waals surface area (Å²) in [6.07, 6.45) is 1.63. The third-order valence-electron chi connectivity index (χ3n) is 3.45. The van der Waals surface area contributed by atoms with Crippen LogP contribution in [0.25, 0.3) is 0 Å². The molecule has 0 saturated heterocycles. The highest BCUT2D eigenvalue weighted by Gasteiger charge is 2.22. The second-order valence-corrected chi connectivity index (χ2v) is 5.74. The first kappa shape index (κ1) is 15.0. The standard InChI is InChI=1S/C16H19N3O2/c1-12-9-14(19(20)21)15(17-10-12)18-11-16(2,3)13-7-5-4-6-8-13/h4-10H,11H2,1-3H3,(H,17,18). The summed E-state index contributed by atoms with van der Waals surface area (Å²) in [4.78, 5) is 14.8. The predicted octanol–water partition coefficient (Wildman–Crippen LogP) is 3.69.